The zero-order valence-electron chi connectivity index (χ0n) is 13.5. The molecule has 1 saturated carbocycles. The first-order chi connectivity index (χ1) is 11.1. The average Bonchev–Trinajstić information content (AvgIpc) is 2.55. The lowest BCUT2D eigenvalue weighted by atomic mass is 9.83. The standard InChI is InChI=1S/C20H22O3/c1-14(21)23-18-11-16-9-5-6-10-19(16)17(12-18)13-20(22)15-7-3-2-4-8-15/h5-6,9-12,15H,2-4,7-8,13H2,1H3. The number of ketones is 1. The Morgan fingerprint density at radius 3 is 2.57 bits per heavy atom. The summed E-state index contributed by atoms with van der Waals surface area (Å²) in [6.45, 7) is 1.39. The second-order valence-corrected chi connectivity index (χ2v) is 6.38. The molecule has 0 aliphatic heterocycles. The van der Waals surface area contributed by atoms with Crippen LogP contribution in [0, 0.1) is 5.92 Å². The van der Waals surface area contributed by atoms with E-state index >= 15 is 0 Å². The quantitative estimate of drug-likeness (QED) is 0.618. The van der Waals surface area contributed by atoms with Gasteiger partial charge in [-0.15, -0.1) is 0 Å². The molecule has 1 fully saturated rings. The Morgan fingerprint density at radius 1 is 1.09 bits per heavy atom. The highest BCUT2D eigenvalue weighted by atomic mass is 16.5. The fourth-order valence-electron chi connectivity index (χ4n) is 3.49. The van der Waals surface area contributed by atoms with Crippen molar-refractivity contribution in [3.05, 3.63) is 42.0 Å². The Hall–Kier alpha value is -2.16. The number of ether oxygens (including phenoxy) is 1. The van der Waals surface area contributed by atoms with Gasteiger partial charge >= 0.3 is 5.97 Å². The van der Waals surface area contributed by atoms with E-state index in [1.165, 1.54) is 13.3 Å². The maximum atomic E-state index is 12.6. The number of esters is 1. The topological polar surface area (TPSA) is 43.4 Å². The third-order valence-electron chi connectivity index (χ3n) is 4.61. The number of rotatable bonds is 4. The lowest BCUT2D eigenvalue weighted by molar-refractivity contribution is -0.131. The van der Waals surface area contributed by atoms with Gasteiger partial charge in [-0.25, -0.2) is 0 Å². The summed E-state index contributed by atoms with van der Waals surface area (Å²) < 4.78 is 5.24. The van der Waals surface area contributed by atoms with E-state index < -0.39 is 0 Å². The molecule has 0 amide bonds. The fourth-order valence-corrected chi connectivity index (χ4v) is 3.49. The van der Waals surface area contributed by atoms with Crippen molar-refractivity contribution in [1.29, 1.82) is 0 Å². The molecule has 3 nitrogen and oxygen atoms in total. The normalized spacial score (nSPS) is 15.5. The number of benzene rings is 2. The minimum atomic E-state index is -0.343. The van der Waals surface area contributed by atoms with Gasteiger partial charge in [-0.2, -0.15) is 0 Å². The lowest BCUT2D eigenvalue weighted by Crippen LogP contribution is -2.19. The zero-order chi connectivity index (χ0) is 16.2. The van der Waals surface area contributed by atoms with E-state index in [4.69, 9.17) is 4.74 Å². The van der Waals surface area contributed by atoms with Crippen LogP contribution >= 0.6 is 0 Å². The number of carbonyl (C=O) groups is 2. The predicted octanol–water partition coefficient (Wildman–Crippen LogP) is 4.46. The van der Waals surface area contributed by atoms with E-state index in [1.807, 2.05) is 36.4 Å². The molecule has 3 heteroatoms. The first-order valence-corrected chi connectivity index (χ1v) is 8.36. The smallest absolute Gasteiger partial charge is 0.308 e. The highest BCUT2D eigenvalue weighted by molar-refractivity contribution is 5.93. The molecular weight excluding hydrogens is 288 g/mol. The molecule has 0 aromatic heterocycles. The van der Waals surface area contributed by atoms with Crippen molar-refractivity contribution in [2.24, 2.45) is 5.92 Å². The number of fused-ring (bicyclic) bond motifs is 1. The molecule has 1 aliphatic rings. The van der Waals surface area contributed by atoms with Crippen molar-refractivity contribution in [3.8, 4) is 5.75 Å². The summed E-state index contributed by atoms with van der Waals surface area (Å²) >= 11 is 0. The second-order valence-electron chi connectivity index (χ2n) is 6.38. The molecule has 2 aromatic rings. The third kappa shape index (κ3) is 3.79. The minimum Gasteiger partial charge on any atom is -0.427 e. The van der Waals surface area contributed by atoms with E-state index in [0.717, 1.165) is 42.0 Å². The van der Waals surface area contributed by atoms with Gasteiger partial charge in [0.15, 0.2) is 0 Å². The van der Waals surface area contributed by atoms with Crippen molar-refractivity contribution in [2.45, 2.75) is 45.4 Å². The Bertz CT molecular complexity index is 727. The van der Waals surface area contributed by atoms with Crippen molar-refractivity contribution >= 4 is 22.5 Å². The number of carbonyl (C=O) groups excluding carboxylic acids is 2. The fraction of sp³-hybridized carbons (Fsp3) is 0.400. The van der Waals surface area contributed by atoms with Crippen LogP contribution in [0.4, 0.5) is 0 Å². The summed E-state index contributed by atoms with van der Waals surface area (Å²) in [5.41, 5.74) is 0.954. The molecule has 0 bridgehead atoms. The van der Waals surface area contributed by atoms with E-state index in [2.05, 4.69) is 0 Å². The minimum absolute atomic E-state index is 0.194. The van der Waals surface area contributed by atoms with Crippen LogP contribution in [-0.2, 0) is 16.0 Å². The largest absolute Gasteiger partial charge is 0.427 e. The Balaban J connectivity index is 1.91. The van der Waals surface area contributed by atoms with Gasteiger partial charge < -0.3 is 4.74 Å². The van der Waals surface area contributed by atoms with Gasteiger partial charge in [-0.05, 0) is 41.3 Å². The van der Waals surface area contributed by atoms with Gasteiger partial charge in [-0.3, -0.25) is 9.59 Å². The van der Waals surface area contributed by atoms with Crippen LogP contribution in [0.15, 0.2) is 36.4 Å². The molecule has 0 atom stereocenters. The molecule has 0 unspecified atom stereocenters. The maximum Gasteiger partial charge on any atom is 0.308 e. The molecule has 23 heavy (non-hydrogen) atoms. The van der Waals surface area contributed by atoms with Crippen LogP contribution in [0.5, 0.6) is 5.75 Å². The SMILES string of the molecule is CC(=O)Oc1cc(CC(=O)C2CCCCC2)c2ccccc2c1. The van der Waals surface area contributed by atoms with Gasteiger partial charge in [0.05, 0.1) is 0 Å². The van der Waals surface area contributed by atoms with E-state index in [1.54, 1.807) is 0 Å². The summed E-state index contributed by atoms with van der Waals surface area (Å²) in [6, 6.07) is 11.6. The highest BCUT2D eigenvalue weighted by Gasteiger charge is 2.22. The van der Waals surface area contributed by atoms with Gasteiger partial charge in [-0.1, -0.05) is 43.5 Å². The zero-order valence-corrected chi connectivity index (χ0v) is 13.5. The molecular formula is C20H22O3. The van der Waals surface area contributed by atoms with E-state index in [-0.39, 0.29) is 11.9 Å². The summed E-state index contributed by atoms with van der Waals surface area (Å²) in [5, 5.41) is 2.06. The van der Waals surface area contributed by atoms with E-state index in [9.17, 15) is 9.59 Å². The molecule has 120 valence electrons. The van der Waals surface area contributed by atoms with Gasteiger partial charge in [0.1, 0.15) is 11.5 Å². The summed E-state index contributed by atoms with van der Waals surface area (Å²) in [5.74, 6) is 0.683. The molecule has 1 aliphatic carbocycles. The molecule has 0 spiro atoms. The van der Waals surface area contributed by atoms with Crippen LogP contribution in [0.2, 0.25) is 0 Å². The van der Waals surface area contributed by atoms with Gasteiger partial charge in [0, 0.05) is 19.3 Å². The van der Waals surface area contributed by atoms with Crippen molar-refractivity contribution in [3.63, 3.8) is 0 Å². The predicted molar refractivity (Wildman–Crippen MR) is 90.5 cm³/mol. The van der Waals surface area contributed by atoms with Crippen LogP contribution in [-0.4, -0.2) is 11.8 Å². The Kier molecular flexibility index (Phi) is 4.75. The van der Waals surface area contributed by atoms with Crippen molar-refractivity contribution < 1.29 is 14.3 Å². The van der Waals surface area contributed by atoms with Crippen LogP contribution in [0.25, 0.3) is 10.8 Å². The van der Waals surface area contributed by atoms with Gasteiger partial charge in [0.2, 0.25) is 0 Å². The van der Waals surface area contributed by atoms with Gasteiger partial charge in [0.25, 0.3) is 0 Å². The molecule has 0 saturated heterocycles. The molecule has 0 radical (unpaired) electrons. The highest BCUT2D eigenvalue weighted by Crippen LogP contribution is 2.29. The first-order valence-electron chi connectivity index (χ1n) is 8.36. The second kappa shape index (κ2) is 6.95. The Labute approximate surface area is 136 Å². The van der Waals surface area contributed by atoms with Crippen LogP contribution in [0.1, 0.15) is 44.6 Å². The first kappa shape index (κ1) is 15.7. The Morgan fingerprint density at radius 2 is 1.83 bits per heavy atom. The monoisotopic (exact) mass is 310 g/mol. The van der Waals surface area contributed by atoms with Crippen LogP contribution in [0.3, 0.4) is 0 Å². The maximum absolute atomic E-state index is 12.6. The molecule has 0 heterocycles. The molecule has 0 N–H and O–H groups in total. The average molecular weight is 310 g/mol. The lowest BCUT2D eigenvalue weighted by Gasteiger charge is -2.20. The summed E-state index contributed by atoms with van der Waals surface area (Å²) in [7, 11) is 0. The number of Topliss-reactive ketones (excluding diaryl/α,β-unsaturated/α-hetero) is 1. The summed E-state index contributed by atoms with van der Waals surface area (Å²) in [4.78, 5) is 23.9. The molecule has 2 aromatic carbocycles. The summed E-state index contributed by atoms with van der Waals surface area (Å²) in [6.07, 6.45) is 6.00. The molecule has 3 rings (SSSR count). The van der Waals surface area contributed by atoms with Crippen LogP contribution < -0.4 is 4.74 Å². The van der Waals surface area contributed by atoms with E-state index in [0.29, 0.717) is 18.0 Å². The van der Waals surface area contributed by atoms with Crippen molar-refractivity contribution in [2.75, 3.05) is 0 Å². The van der Waals surface area contributed by atoms with Crippen molar-refractivity contribution in [1.82, 2.24) is 0 Å². The third-order valence-corrected chi connectivity index (χ3v) is 4.61. The number of hydrogen-bond donors (Lipinski definition) is 0. The number of hydrogen-bond acceptors (Lipinski definition) is 3.